The fourth-order valence-electron chi connectivity index (χ4n) is 2.90. The molecule has 1 aliphatic heterocycles. The van der Waals surface area contributed by atoms with Gasteiger partial charge in [0.15, 0.2) is 0 Å². The van der Waals surface area contributed by atoms with Gasteiger partial charge in [-0.05, 0) is 39.0 Å². The minimum Gasteiger partial charge on any atom is -0.365 e. The predicted octanol–water partition coefficient (Wildman–Crippen LogP) is 1.74. The quantitative estimate of drug-likeness (QED) is 0.892. The minimum atomic E-state index is -0.622. The van der Waals surface area contributed by atoms with E-state index in [0.717, 1.165) is 32.4 Å². The zero-order valence-electron chi connectivity index (χ0n) is 12.1. The number of imidazole rings is 1. The van der Waals surface area contributed by atoms with Crippen LogP contribution in [0.1, 0.15) is 39.0 Å². The van der Waals surface area contributed by atoms with Gasteiger partial charge >= 0.3 is 0 Å². The van der Waals surface area contributed by atoms with Crippen LogP contribution in [0.3, 0.4) is 0 Å². The molecule has 0 bridgehead atoms. The summed E-state index contributed by atoms with van der Waals surface area (Å²) in [5.74, 6) is 0.0501. The lowest BCUT2D eigenvalue weighted by atomic mass is 9.94. The van der Waals surface area contributed by atoms with E-state index in [0.29, 0.717) is 6.61 Å². The molecular formula is C15H23N3O2. The Bertz CT molecular complexity index is 459. The van der Waals surface area contributed by atoms with Gasteiger partial charge in [-0.2, -0.15) is 0 Å². The van der Waals surface area contributed by atoms with Gasteiger partial charge in [-0.3, -0.25) is 4.79 Å². The van der Waals surface area contributed by atoms with Crippen molar-refractivity contribution in [3.05, 3.63) is 18.7 Å². The first-order valence-corrected chi connectivity index (χ1v) is 7.50. The van der Waals surface area contributed by atoms with Crippen LogP contribution in [0.2, 0.25) is 0 Å². The number of hydrogen-bond donors (Lipinski definition) is 1. The second kappa shape index (κ2) is 5.20. The Balaban J connectivity index is 1.52. The maximum absolute atomic E-state index is 12.3. The summed E-state index contributed by atoms with van der Waals surface area (Å²) in [6.45, 7) is 4.29. The normalized spacial score (nSPS) is 28.1. The standard InChI is InChI=1S/C15H23N3O2/c1-14(4-2-3-9-20-14)13(19)17-10-15(5-6-15)11-18-8-7-16-12-18/h7-8,12H,2-6,9-11H2,1H3,(H,17,19). The van der Waals surface area contributed by atoms with E-state index in [-0.39, 0.29) is 11.3 Å². The second-order valence-corrected chi connectivity index (χ2v) is 6.45. The number of aromatic nitrogens is 2. The van der Waals surface area contributed by atoms with Gasteiger partial charge in [-0.15, -0.1) is 0 Å². The van der Waals surface area contributed by atoms with E-state index < -0.39 is 5.60 Å². The van der Waals surface area contributed by atoms with Gasteiger partial charge in [-0.1, -0.05) is 0 Å². The summed E-state index contributed by atoms with van der Waals surface area (Å²) < 4.78 is 7.79. The first-order valence-electron chi connectivity index (χ1n) is 7.50. The Morgan fingerprint density at radius 1 is 1.40 bits per heavy atom. The zero-order chi connectivity index (χ0) is 14.1. The number of amides is 1. The molecule has 1 N–H and O–H groups in total. The van der Waals surface area contributed by atoms with E-state index in [9.17, 15) is 4.79 Å². The average Bonchev–Trinajstić information content (AvgIpc) is 3.01. The van der Waals surface area contributed by atoms with Crippen molar-refractivity contribution in [2.75, 3.05) is 13.2 Å². The Hall–Kier alpha value is -1.36. The molecular weight excluding hydrogens is 254 g/mol. The zero-order valence-corrected chi connectivity index (χ0v) is 12.1. The molecule has 1 atom stereocenters. The van der Waals surface area contributed by atoms with Crippen LogP contribution in [-0.4, -0.2) is 34.2 Å². The van der Waals surface area contributed by atoms with E-state index >= 15 is 0 Å². The van der Waals surface area contributed by atoms with Gasteiger partial charge in [0, 0.05) is 37.5 Å². The number of carbonyl (C=O) groups is 1. The van der Waals surface area contributed by atoms with Gasteiger partial charge in [0.1, 0.15) is 5.60 Å². The highest BCUT2D eigenvalue weighted by atomic mass is 16.5. The van der Waals surface area contributed by atoms with Gasteiger partial charge in [-0.25, -0.2) is 4.98 Å². The molecule has 3 rings (SSSR count). The summed E-state index contributed by atoms with van der Waals surface area (Å²) >= 11 is 0. The van der Waals surface area contributed by atoms with Crippen molar-refractivity contribution >= 4 is 5.91 Å². The molecule has 0 spiro atoms. The third-order valence-electron chi connectivity index (χ3n) is 4.61. The van der Waals surface area contributed by atoms with Gasteiger partial charge in [0.2, 0.25) is 0 Å². The van der Waals surface area contributed by atoms with E-state index in [2.05, 4.69) is 14.9 Å². The van der Waals surface area contributed by atoms with Gasteiger partial charge in [0.25, 0.3) is 5.91 Å². The van der Waals surface area contributed by atoms with Crippen LogP contribution in [0, 0.1) is 5.41 Å². The van der Waals surface area contributed by atoms with Crippen LogP contribution in [0.25, 0.3) is 0 Å². The number of rotatable bonds is 5. The van der Waals surface area contributed by atoms with Crippen LogP contribution in [-0.2, 0) is 16.1 Å². The molecule has 1 saturated carbocycles. The molecule has 0 aromatic carbocycles. The molecule has 5 nitrogen and oxygen atoms in total. The van der Waals surface area contributed by atoms with Crippen LogP contribution in [0.5, 0.6) is 0 Å². The van der Waals surface area contributed by atoms with Gasteiger partial charge in [0.05, 0.1) is 6.33 Å². The van der Waals surface area contributed by atoms with Crippen molar-refractivity contribution in [1.29, 1.82) is 0 Å². The maximum Gasteiger partial charge on any atom is 0.251 e. The van der Waals surface area contributed by atoms with Crippen molar-refractivity contribution in [1.82, 2.24) is 14.9 Å². The molecule has 2 fully saturated rings. The monoisotopic (exact) mass is 277 g/mol. The molecule has 1 amide bonds. The van der Waals surface area contributed by atoms with Crippen molar-refractivity contribution in [2.24, 2.45) is 5.41 Å². The summed E-state index contributed by atoms with van der Waals surface area (Å²) in [4.78, 5) is 16.4. The molecule has 1 aliphatic carbocycles. The fraction of sp³-hybridized carbons (Fsp3) is 0.733. The smallest absolute Gasteiger partial charge is 0.251 e. The maximum atomic E-state index is 12.3. The summed E-state index contributed by atoms with van der Waals surface area (Å²) in [7, 11) is 0. The molecule has 1 unspecified atom stereocenters. The highest BCUT2D eigenvalue weighted by molar-refractivity contribution is 5.84. The summed E-state index contributed by atoms with van der Waals surface area (Å²) in [5.41, 5.74) is -0.398. The topological polar surface area (TPSA) is 56.2 Å². The van der Waals surface area contributed by atoms with Crippen molar-refractivity contribution in [3.63, 3.8) is 0 Å². The molecule has 1 aromatic rings. The summed E-state index contributed by atoms with van der Waals surface area (Å²) in [6.07, 6.45) is 10.9. The first-order chi connectivity index (χ1) is 9.62. The molecule has 1 saturated heterocycles. The largest absolute Gasteiger partial charge is 0.365 e. The molecule has 5 heteroatoms. The van der Waals surface area contributed by atoms with Crippen molar-refractivity contribution in [3.8, 4) is 0 Å². The number of nitrogens with zero attached hydrogens (tertiary/aromatic N) is 2. The Labute approximate surface area is 119 Å². The molecule has 2 heterocycles. The Morgan fingerprint density at radius 2 is 2.25 bits per heavy atom. The highest BCUT2D eigenvalue weighted by Gasteiger charge is 2.44. The van der Waals surface area contributed by atoms with Crippen molar-refractivity contribution in [2.45, 2.75) is 51.2 Å². The second-order valence-electron chi connectivity index (χ2n) is 6.45. The highest BCUT2D eigenvalue weighted by Crippen LogP contribution is 2.46. The molecule has 110 valence electrons. The third kappa shape index (κ3) is 2.87. The molecule has 1 aromatic heterocycles. The number of nitrogens with one attached hydrogen (secondary N) is 1. The third-order valence-corrected chi connectivity index (χ3v) is 4.61. The Kier molecular flexibility index (Phi) is 3.54. The SMILES string of the molecule is CC1(C(=O)NCC2(Cn3ccnc3)CC2)CCCCO1. The molecule has 0 radical (unpaired) electrons. The molecule has 2 aliphatic rings. The predicted molar refractivity (Wildman–Crippen MR) is 75.1 cm³/mol. The lowest BCUT2D eigenvalue weighted by Gasteiger charge is -2.33. The molecule has 20 heavy (non-hydrogen) atoms. The fourth-order valence-corrected chi connectivity index (χ4v) is 2.90. The minimum absolute atomic E-state index is 0.0501. The van der Waals surface area contributed by atoms with E-state index in [1.165, 1.54) is 12.8 Å². The first kappa shape index (κ1) is 13.6. The summed E-state index contributed by atoms with van der Waals surface area (Å²) in [5, 5.41) is 3.11. The van der Waals surface area contributed by atoms with Crippen LogP contribution in [0.4, 0.5) is 0 Å². The van der Waals surface area contributed by atoms with E-state index in [1.807, 2.05) is 19.4 Å². The van der Waals surface area contributed by atoms with E-state index in [4.69, 9.17) is 4.74 Å². The van der Waals surface area contributed by atoms with Crippen LogP contribution >= 0.6 is 0 Å². The summed E-state index contributed by atoms with van der Waals surface area (Å²) in [6, 6.07) is 0. The lowest BCUT2D eigenvalue weighted by molar-refractivity contribution is -0.150. The number of hydrogen-bond acceptors (Lipinski definition) is 3. The average molecular weight is 277 g/mol. The van der Waals surface area contributed by atoms with Gasteiger partial charge < -0.3 is 14.6 Å². The number of ether oxygens (including phenoxy) is 1. The van der Waals surface area contributed by atoms with E-state index in [1.54, 1.807) is 6.20 Å². The van der Waals surface area contributed by atoms with Crippen LogP contribution in [0.15, 0.2) is 18.7 Å². The number of carbonyl (C=O) groups excluding carboxylic acids is 1. The lowest BCUT2D eigenvalue weighted by Crippen LogP contribution is -2.50. The van der Waals surface area contributed by atoms with Crippen molar-refractivity contribution < 1.29 is 9.53 Å². The van der Waals surface area contributed by atoms with Crippen LogP contribution < -0.4 is 5.32 Å². The Morgan fingerprint density at radius 3 is 2.85 bits per heavy atom.